The predicted molar refractivity (Wildman–Crippen MR) is 155 cm³/mol. The molecule has 5 aromatic rings. The Hall–Kier alpha value is -3.66. The molecule has 1 saturated heterocycles. The molecular formula is C34H29BO2. The Kier molecular flexibility index (Phi) is 4.82. The number of fused-ring (bicyclic) bond motifs is 3. The lowest BCUT2D eigenvalue weighted by molar-refractivity contribution is 0.00578. The zero-order valence-corrected chi connectivity index (χ0v) is 21.7. The molecule has 0 radical (unpaired) electrons. The molecular weight excluding hydrogens is 451 g/mol. The summed E-state index contributed by atoms with van der Waals surface area (Å²) in [7, 11) is -0.403. The molecule has 0 amide bonds. The minimum atomic E-state index is -0.403. The smallest absolute Gasteiger partial charge is 0.399 e. The van der Waals surface area contributed by atoms with Crippen LogP contribution in [-0.2, 0) is 9.31 Å². The van der Waals surface area contributed by atoms with Crippen LogP contribution < -0.4 is 5.46 Å². The molecule has 180 valence electrons. The molecule has 2 aliphatic rings. The third-order valence-corrected chi connectivity index (χ3v) is 8.50. The van der Waals surface area contributed by atoms with Crippen LogP contribution in [0.3, 0.4) is 0 Å². The van der Waals surface area contributed by atoms with Gasteiger partial charge in [0.1, 0.15) is 0 Å². The van der Waals surface area contributed by atoms with Gasteiger partial charge in [0.2, 0.25) is 0 Å². The molecule has 1 aliphatic heterocycles. The number of hydrogen-bond donors (Lipinski definition) is 0. The van der Waals surface area contributed by atoms with Gasteiger partial charge >= 0.3 is 7.12 Å². The van der Waals surface area contributed by atoms with Crippen LogP contribution >= 0.6 is 0 Å². The van der Waals surface area contributed by atoms with Crippen molar-refractivity contribution in [1.29, 1.82) is 0 Å². The van der Waals surface area contributed by atoms with Gasteiger partial charge in [0.05, 0.1) is 11.2 Å². The molecule has 1 fully saturated rings. The van der Waals surface area contributed by atoms with Gasteiger partial charge in [-0.05, 0) is 88.4 Å². The van der Waals surface area contributed by atoms with E-state index in [1.807, 2.05) is 0 Å². The van der Waals surface area contributed by atoms with Crippen molar-refractivity contribution < 1.29 is 9.31 Å². The Morgan fingerprint density at radius 1 is 0.486 bits per heavy atom. The maximum absolute atomic E-state index is 6.50. The summed E-state index contributed by atoms with van der Waals surface area (Å²) in [4.78, 5) is 0. The quantitative estimate of drug-likeness (QED) is 0.238. The van der Waals surface area contributed by atoms with Crippen molar-refractivity contribution in [3.8, 4) is 44.5 Å². The third kappa shape index (κ3) is 3.28. The van der Waals surface area contributed by atoms with Crippen molar-refractivity contribution in [2.24, 2.45) is 0 Å². The number of benzene rings is 5. The zero-order valence-electron chi connectivity index (χ0n) is 21.7. The summed E-state index contributed by atoms with van der Waals surface area (Å²) in [6.45, 7) is 8.45. The highest BCUT2D eigenvalue weighted by molar-refractivity contribution is 6.65. The molecule has 37 heavy (non-hydrogen) atoms. The van der Waals surface area contributed by atoms with E-state index in [-0.39, 0.29) is 11.2 Å². The van der Waals surface area contributed by atoms with Crippen LogP contribution in [0.1, 0.15) is 27.7 Å². The van der Waals surface area contributed by atoms with E-state index in [4.69, 9.17) is 9.31 Å². The van der Waals surface area contributed by atoms with Gasteiger partial charge in [0, 0.05) is 0 Å². The molecule has 1 aliphatic carbocycles. The Balaban J connectivity index is 1.51. The van der Waals surface area contributed by atoms with Crippen molar-refractivity contribution >= 4 is 23.4 Å². The monoisotopic (exact) mass is 480 g/mol. The van der Waals surface area contributed by atoms with E-state index >= 15 is 0 Å². The zero-order chi connectivity index (χ0) is 25.4. The Morgan fingerprint density at radius 3 is 1.51 bits per heavy atom. The number of rotatable bonds is 3. The normalized spacial score (nSPS) is 16.8. The average molecular weight is 480 g/mol. The summed E-state index contributed by atoms with van der Waals surface area (Å²) in [6.07, 6.45) is 0. The fourth-order valence-electron chi connectivity index (χ4n) is 5.90. The van der Waals surface area contributed by atoms with Gasteiger partial charge in [-0.2, -0.15) is 0 Å². The summed E-state index contributed by atoms with van der Waals surface area (Å²) in [5.41, 5.74) is 10.5. The summed E-state index contributed by atoms with van der Waals surface area (Å²) in [6, 6.07) is 37.2. The molecule has 7 rings (SSSR count). The maximum Gasteiger partial charge on any atom is 0.495 e. The van der Waals surface area contributed by atoms with Crippen LogP contribution in [0.2, 0.25) is 0 Å². The summed E-state index contributed by atoms with van der Waals surface area (Å²) >= 11 is 0. The fraction of sp³-hybridized carbons (Fsp3) is 0.176. The molecule has 0 atom stereocenters. The molecule has 0 unspecified atom stereocenters. The Labute approximate surface area is 219 Å². The van der Waals surface area contributed by atoms with Gasteiger partial charge in [-0.1, -0.05) is 103 Å². The largest absolute Gasteiger partial charge is 0.495 e. The average Bonchev–Trinajstić information content (AvgIpc) is 3.36. The standard InChI is InChI=1S/C34H29BO2/c1-33(2)34(3,4)37-35(36-33)29-21-20-28-30-26(29)16-11-17-27(30)31-24(22-12-7-5-8-13-22)18-19-25(32(28)31)23-14-9-6-10-15-23/h5-21H,1-4H3. The fourth-order valence-corrected chi connectivity index (χ4v) is 5.90. The minimum absolute atomic E-state index is 0.385. The molecule has 0 aromatic heterocycles. The minimum Gasteiger partial charge on any atom is -0.399 e. The molecule has 2 nitrogen and oxygen atoms in total. The van der Waals surface area contributed by atoms with Crippen LogP contribution in [0.15, 0.2) is 103 Å². The highest BCUT2D eigenvalue weighted by atomic mass is 16.7. The highest BCUT2D eigenvalue weighted by Crippen LogP contribution is 2.54. The van der Waals surface area contributed by atoms with Crippen LogP contribution in [0.4, 0.5) is 0 Å². The molecule has 0 N–H and O–H groups in total. The van der Waals surface area contributed by atoms with E-state index in [1.165, 1.54) is 55.3 Å². The maximum atomic E-state index is 6.50. The van der Waals surface area contributed by atoms with E-state index < -0.39 is 7.12 Å². The Morgan fingerprint density at radius 2 is 0.973 bits per heavy atom. The first-order valence-corrected chi connectivity index (χ1v) is 13.1. The van der Waals surface area contributed by atoms with E-state index in [0.717, 1.165) is 5.46 Å². The van der Waals surface area contributed by atoms with Crippen molar-refractivity contribution in [2.45, 2.75) is 38.9 Å². The van der Waals surface area contributed by atoms with Crippen molar-refractivity contribution in [1.82, 2.24) is 0 Å². The van der Waals surface area contributed by atoms with Gasteiger partial charge in [-0.25, -0.2) is 0 Å². The summed E-state index contributed by atoms with van der Waals surface area (Å²) < 4.78 is 13.0. The second kappa shape index (κ2) is 7.92. The van der Waals surface area contributed by atoms with Gasteiger partial charge in [-0.15, -0.1) is 0 Å². The van der Waals surface area contributed by atoms with E-state index in [1.54, 1.807) is 0 Å². The van der Waals surface area contributed by atoms with Gasteiger partial charge in [0.15, 0.2) is 0 Å². The van der Waals surface area contributed by atoms with Gasteiger partial charge in [0.25, 0.3) is 0 Å². The predicted octanol–water partition coefficient (Wildman–Crippen LogP) is 8.12. The molecule has 1 heterocycles. The molecule has 5 aromatic carbocycles. The molecule has 0 saturated carbocycles. The SMILES string of the molecule is CC1(C)OB(c2ccc3c4c(cccc24)-c2c(-c4ccccc4)ccc(-c4ccccc4)c2-3)OC1(C)C. The van der Waals surface area contributed by atoms with Gasteiger partial charge < -0.3 is 9.31 Å². The van der Waals surface area contributed by atoms with Crippen LogP contribution in [-0.4, -0.2) is 18.3 Å². The lowest BCUT2D eigenvalue weighted by Crippen LogP contribution is -2.41. The molecule has 3 heteroatoms. The molecule has 0 bridgehead atoms. The van der Waals surface area contributed by atoms with Gasteiger partial charge in [-0.3, -0.25) is 0 Å². The lowest BCUT2D eigenvalue weighted by atomic mass is 9.75. The number of hydrogen-bond acceptors (Lipinski definition) is 2. The summed E-state index contributed by atoms with van der Waals surface area (Å²) in [5.74, 6) is 0. The Bertz CT molecular complexity index is 1580. The lowest BCUT2D eigenvalue weighted by Gasteiger charge is -2.32. The topological polar surface area (TPSA) is 18.5 Å². The van der Waals surface area contributed by atoms with Crippen molar-refractivity contribution in [3.05, 3.63) is 103 Å². The molecule has 0 spiro atoms. The third-order valence-electron chi connectivity index (χ3n) is 8.50. The van der Waals surface area contributed by atoms with Crippen LogP contribution in [0, 0.1) is 0 Å². The van der Waals surface area contributed by atoms with E-state index in [0.29, 0.717) is 0 Å². The second-order valence-electron chi connectivity index (χ2n) is 11.2. The van der Waals surface area contributed by atoms with Crippen LogP contribution in [0.25, 0.3) is 55.3 Å². The van der Waals surface area contributed by atoms with Crippen molar-refractivity contribution in [3.63, 3.8) is 0 Å². The second-order valence-corrected chi connectivity index (χ2v) is 11.2. The highest BCUT2D eigenvalue weighted by Gasteiger charge is 2.52. The first-order chi connectivity index (χ1) is 17.9. The first-order valence-electron chi connectivity index (χ1n) is 13.1. The first kappa shape index (κ1) is 22.5. The van der Waals surface area contributed by atoms with E-state index in [9.17, 15) is 0 Å². The van der Waals surface area contributed by atoms with Crippen LogP contribution in [0.5, 0.6) is 0 Å². The van der Waals surface area contributed by atoms with Crippen molar-refractivity contribution in [2.75, 3.05) is 0 Å². The summed E-state index contributed by atoms with van der Waals surface area (Å²) in [5, 5.41) is 2.48. The van der Waals surface area contributed by atoms with E-state index in [2.05, 4.69) is 131 Å².